The van der Waals surface area contributed by atoms with Crippen LogP contribution in [0.2, 0.25) is 0 Å². The Hall–Kier alpha value is -2.08. The lowest BCUT2D eigenvalue weighted by Crippen LogP contribution is -2.46. The second-order valence-electron chi connectivity index (χ2n) is 5.88. The molecule has 2 rings (SSSR count). The molecular weight excluding hydrogens is 282 g/mol. The molecule has 2 amide bonds. The summed E-state index contributed by atoms with van der Waals surface area (Å²) in [5.74, 6) is 0.0964. The van der Waals surface area contributed by atoms with Crippen LogP contribution in [0.3, 0.4) is 0 Å². The van der Waals surface area contributed by atoms with Crippen LogP contribution in [0.5, 0.6) is 0 Å². The van der Waals surface area contributed by atoms with Gasteiger partial charge in [0.1, 0.15) is 12.6 Å². The number of hydrogen-bond donors (Lipinski definition) is 2. The molecule has 0 radical (unpaired) electrons. The fourth-order valence-corrected chi connectivity index (χ4v) is 2.36. The van der Waals surface area contributed by atoms with Crippen molar-refractivity contribution in [3.63, 3.8) is 0 Å². The molecule has 0 aliphatic carbocycles. The van der Waals surface area contributed by atoms with Gasteiger partial charge in [0, 0.05) is 19.6 Å². The van der Waals surface area contributed by atoms with E-state index in [1.807, 2.05) is 38.1 Å². The molecule has 0 unspecified atom stereocenters. The van der Waals surface area contributed by atoms with Gasteiger partial charge in [-0.3, -0.25) is 9.69 Å². The fraction of sp³-hybridized carbons (Fsp3) is 0.500. The third kappa shape index (κ3) is 3.98. The van der Waals surface area contributed by atoms with Crippen LogP contribution in [-0.2, 0) is 22.6 Å². The van der Waals surface area contributed by atoms with Crippen LogP contribution in [-0.4, -0.2) is 36.1 Å². The summed E-state index contributed by atoms with van der Waals surface area (Å²) in [5, 5.41) is 2.86. The number of hydrogen-bond acceptors (Lipinski definition) is 4. The Balaban J connectivity index is 1.91. The lowest BCUT2D eigenvalue weighted by Gasteiger charge is -2.22. The van der Waals surface area contributed by atoms with Crippen molar-refractivity contribution in [3.05, 3.63) is 35.4 Å². The Morgan fingerprint density at radius 3 is 2.59 bits per heavy atom. The number of amides is 2. The number of nitrogens with zero attached hydrogens (tertiary/aromatic N) is 1. The first-order valence-electron chi connectivity index (χ1n) is 7.50. The van der Waals surface area contributed by atoms with E-state index in [0.29, 0.717) is 19.6 Å². The Labute approximate surface area is 130 Å². The van der Waals surface area contributed by atoms with E-state index in [4.69, 9.17) is 10.5 Å². The maximum atomic E-state index is 12.3. The minimum absolute atomic E-state index is 0.115. The second-order valence-corrected chi connectivity index (χ2v) is 5.88. The van der Waals surface area contributed by atoms with E-state index in [-0.39, 0.29) is 18.4 Å². The molecule has 6 heteroatoms. The minimum atomic E-state index is -0.543. The highest BCUT2D eigenvalue weighted by molar-refractivity contribution is 5.87. The van der Waals surface area contributed by atoms with Crippen LogP contribution in [0.25, 0.3) is 0 Å². The molecule has 0 saturated carbocycles. The molecule has 1 aliphatic rings. The summed E-state index contributed by atoms with van der Waals surface area (Å²) in [4.78, 5) is 25.5. The van der Waals surface area contributed by atoms with Gasteiger partial charge in [-0.2, -0.15) is 0 Å². The van der Waals surface area contributed by atoms with Gasteiger partial charge in [-0.25, -0.2) is 4.79 Å². The van der Waals surface area contributed by atoms with Crippen molar-refractivity contribution in [1.29, 1.82) is 0 Å². The number of rotatable bonds is 6. The zero-order valence-electron chi connectivity index (χ0n) is 13.0. The third-order valence-corrected chi connectivity index (χ3v) is 3.57. The van der Waals surface area contributed by atoms with Crippen molar-refractivity contribution in [2.75, 3.05) is 13.2 Å². The molecule has 22 heavy (non-hydrogen) atoms. The highest BCUT2D eigenvalue weighted by Crippen LogP contribution is 2.15. The maximum absolute atomic E-state index is 12.3. The molecular formula is C16H23N3O3. The Morgan fingerprint density at radius 2 is 2.00 bits per heavy atom. The molecule has 1 aromatic rings. The van der Waals surface area contributed by atoms with Gasteiger partial charge < -0.3 is 15.8 Å². The second kappa shape index (κ2) is 7.26. The van der Waals surface area contributed by atoms with E-state index >= 15 is 0 Å². The van der Waals surface area contributed by atoms with E-state index in [9.17, 15) is 9.59 Å². The summed E-state index contributed by atoms with van der Waals surface area (Å²) >= 11 is 0. The van der Waals surface area contributed by atoms with Crippen LogP contribution in [0.1, 0.15) is 25.0 Å². The van der Waals surface area contributed by atoms with Crippen LogP contribution < -0.4 is 11.1 Å². The van der Waals surface area contributed by atoms with Crippen molar-refractivity contribution in [2.24, 2.45) is 11.7 Å². The first-order chi connectivity index (χ1) is 10.5. The molecule has 120 valence electrons. The van der Waals surface area contributed by atoms with E-state index in [0.717, 1.165) is 11.1 Å². The Kier molecular flexibility index (Phi) is 5.38. The lowest BCUT2D eigenvalue weighted by atomic mass is 10.1. The summed E-state index contributed by atoms with van der Waals surface area (Å²) in [7, 11) is 0. The van der Waals surface area contributed by atoms with Crippen LogP contribution in [0.15, 0.2) is 24.3 Å². The maximum Gasteiger partial charge on any atom is 0.410 e. The molecule has 1 atom stereocenters. The van der Waals surface area contributed by atoms with Gasteiger partial charge in [0.2, 0.25) is 5.91 Å². The number of nitrogens with two attached hydrogens (primary N) is 1. The van der Waals surface area contributed by atoms with Gasteiger partial charge in [-0.1, -0.05) is 38.1 Å². The largest absolute Gasteiger partial charge is 0.447 e. The first-order valence-corrected chi connectivity index (χ1v) is 7.50. The van der Waals surface area contributed by atoms with Crippen molar-refractivity contribution in [3.8, 4) is 0 Å². The molecule has 1 aromatic carbocycles. The summed E-state index contributed by atoms with van der Waals surface area (Å²) in [6.07, 6.45) is -0.416. The number of cyclic esters (lactones) is 1. The molecule has 0 aromatic heterocycles. The minimum Gasteiger partial charge on any atom is -0.447 e. The quantitative estimate of drug-likeness (QED) is 0.828. The number of benzene rings is 1. The average molecular weight is 305 g/mol. The zero-order chi connectivity index (χ0) is 16.1. The van der Waals surface area contributed by atoms with E-state index in [1.54, 1.807) is 0 Å². The van der Waals surface area contributed by atoms with Crippen LogP contribution in [0.4, 0.5) is 4.79 Å². The highest BCUT2D eigenvalue weighted by Gasteiger charge is 2.37. The smallest absolute Gasteiger partial charge is 0.410 e. The van der Waals surface area contributed by atoms with Gasteiger partial charge >= 0.3 is 6.09 Å². The van der Waals surface area contributed by atoms with Crippen LogP contribution in [0, 0.1) is 5.92 Å². The van der Waals surface area contributed by atoms with E-state index in [1.165, 1.54) is 4.90 Å². The summed E-state index contributed by atoms with van der Waals surface area (Å²) in [5.41, 5.74) is 7.59. The molecule has 1 heterocycles. The molecule has 0 bridgehead atoms. The molecule has 1 saturated heterocycles. The SMILES string of the molecule is CC(C)CN1C(=O)OC[C@H]1C(=O)NCc1ccc(CN)cc1. The molecule has 3 N–H and O–H groups in total. The molecule has 0 spiro atoms. The number of carbonyl (C=O) groups excluding carboxylic acids is 2. The fourth-order valence-electron chi connectivity index (χ4n) is 2.36. The molecule has 6 nitrogen and oxygen atoms in total. The highest BCUT2D eigenvalue weighted by atomic mass is 16.6. The van der Waals surface area contributed by atoms with Gasteiger partial charge in [-0.15, -0.1) is 0 Å². The van der Waals surface area contributed by atoms with Crippen molar-refractivity contribution in [1.82, 2.24) is 10.2 Å². The van der Waals surface area contributed by atoms with Gasteiger partial charge in [0.05, 0.1) is 0 Å². The standard InChI is InChI=1S/C16H23N3O3/c1-11(2)9-19-14(10-22-16(19)21)15(20)18-8-13-5-3-12(7-17)4-6-13/h3-6,11,14H,7-10,17H2,1-2H3,(H,18,20)/t14-/m0/s1. The monoisotopic (exact) mass is 305 g/mol. The lowest BCUT2D eigenvalue weighted by molar-refractivity contribution is -0.125. The van der Waals surface area contributed by atoms with E-state index < -0.39 is 12.1 Å². The topological polar surface area (TPSA) is 84.7 Å². The Bertz CT molecular complexity index is 528. The zero-order valence-corrected chi connectivity index (χ0v) is 13.0. The van der Waals surface area contributed by atoms with Gasteiger partial charge in [0.15, 0.2) is 0 Å². The van der Waals surface area contributed by atoms with Crippen molar-refractivity contribution < 1.29 is 14.3 Å². The molecule has 1 aliphatic heterocycles. The number of nitrogens with one attached hydrogen (secondary N) is 1. The Morgan fingerprint density at radius 1 is 1.36 bits per heavy atom. The van der Waals surface area contributed by atoms with Crippen molar-refractivity contribution in [2.45, 2.75) is 33.0 Å². The summed E-state index contributed by atoms with van der Waals surface area (Å²) in [6.45, 7) is 5.55. The average Bonchev–Trinajstić information content (AvgIpc) is 2.86. The first kappa shape index (κ1) is 16.3. The predicted octanol–water partition coefficient (Wildman–Crippen LogP) is 1.24. The van der Waals surface area contributed by atoms with Crippen LogP contribution >= 0.6 is 0 Å². The third-order valence-electron chi connectivity index (χ3n) is 3.57. The summed E-state index contributed by atoms with van der Waals surface area (Å²) in [6, 6.07) is 7.21. The summed E-state index contributed by atoms with van der Waals surface area (Å²) < 4.78 is 4.99. The predicted molar refractivity (Wildman–Crippen MR) is 82.9 cm³/mol. The number of ether oxygens (including phenoxy) is 1. The number of carbonyl (C=O) groups is 2. The van der Waals surface area contributed by atoms with Gasteiger partial charge in [0.25, 0.3) is 0 Å². The van der Waals surface area contributed by atoms with Gasteiger partial charge in [-0.05, 0) is 17.0 Å². The van der Waals surface area contributed by atoms with E-state index in [2.05, 4.69) is 5.32 Å². The molecule has 1 fully saturated rings. The normalized spacial score (nSPS) is 17.7. The van der Waals surface area contributed by atoms with Crippen molar-refractivity contribution >= 4 is 12.0 Å².